The number of benzene rings is 1. The van der Waals surface area contributed by atoms with Gasteiger partial charge in [-0.1, -0.05) is 44.5 Å². The summed E-state index contributed by atoms with van der Waals surface area (Å²) in [6, 6.07) is 8.41. The van der Waals surface area contributed by atoms with Crippen molar-refractivity contribution in [2.24, 2.45) is 11.8 Å². The molecule has 0 amide bonds. The summed E-state index contributed by atoms with van der Waals surface area (Å²) < 4.78 is 5.90. The van der Waals surface area contributed by atoms with Gasteiger partial charge in [0.15, 0.2) is 0 Å². The van der Waals surface area contributed by atoms with Crippen molar-refractivity contribution in [3.05, 3.63) is 34.9 Å². The Kier molecular flexibility index (Phi) is 5.29. The second-order valence-corrected chi connectivity index (χ2v) is 6.44. The Morgan fingerprint density at radius 1 is 1.26 bits per heavy atom. The molecule has 1 aliphatic rings. The third-order valence-corrected chi connectivity index (χ3v) is 4.66. The Morgan fingerprint density at radius 3 is 2.53 bits per heavy atom. The molecule has 1 fully saturated rings. The first-order valence-corrected chi connectivity index (χ1v) is 7.86. The lowest BCUT2D eigenvalue weighted by molar-refractivity contribution is -0.0393. The summed E-state index contributed by atoms with van der Waals surface area (Å²) >= 11 is 5.99. The average Bonchev–Trinajstić information content (AvgIpc) is 2.42. The maximum Gasteiger partial charge on any atom is 0.0600 e. The van der Waals surface area contributed by atoms with Crippen LogP contribution in [0.2, 0.25) is 5.02 Å². The number of hydrogen-bond acceptors (Lipinski definition) is 1. The summed E-state index contributed by atoms with van der Waals surface area (Å²) in [6.45, 7) is 7.73. The van der Waals surface area contributed by atoms with Crippen LogP contribution in [0.1, 0.15) is 51.5 Å². The van der Waals surface area contributed by atoms with Crippen molar-refractivity contribution in [3.63, 3.8) is 0 Å². The Labute approximate surface area is 122 Å². The first-order valence-electron chi connectivity index (χ1n) is 7.48. The van der Waals surface area contributed by atoms with Crippen LogP contribution in [-0.2, 0) is 4.74 Å². The SMILES string of the molecule is CCC(c1ccc(Cl)cc1)C1CCOC(C(C)C)C1. The van der Waals surface area contributed by atoms with Crippen LogP contribution in [0.15, 0.2) is 24.3 Å². The van der Waals surface area contributed by atoms with E-state index in [1.165, 1.54) is 24.8 Å². The van der Waals surface area contributed by atoms with Crippen molar-refractivity contribution >= 4 is 11.6 Å². The van der Waals surface area contributed by atoms with Crippen LogP contribution in [-0.4, -0.2) is 12.7 Å². The van der Waals surface area contributed by atoms with Gasteiger partial charge in [0.05, 0.1) is 6.10 Å². The maximum absolute atomic E-state index is 5.99. The summed E-state index contributed by atoms with van der Waals surface area (Å²) in [5.74, 6) is 2.00. The molecule has 0 aromatic heterocycles. The minimum atomic E-state index is 0.431. The standard InChI is InChI=1S/C17H25ClO/c1-4-16(13-5-7-15(18)8-6-13)14-9-10-19-17(11-14)12(2)3/h5-8,12,14,16-17H,4,9-11H2,1-3H3. The number of halogens is 1. The molecule has 0 N–H and O–H groups in total. The van der Waals surface area contributed by atoms with Crippen molar-refractivity contribution in [1.82, 2.24) is 0 Å². The van der Waals surface area contributed by atoms with Gasteiger partial charge in [0.1, 0.15) is 0 Å². The molecule has 1 aromatic carbocycles. The molecule has 0 radical (unpaired) electrons. The minimum Gasteiger partial charge on any atom is -0.378 e. The summed E-state index contributed by atoms with van der Waals surface area (Å²) in [4.78, 5) is 0. The van der Waals surface area contributed by atoms with Crippen LogP contribution in [0.4, 0.5) is 0 Å². The highest BCUT2D eigenvalue weighted by Crippen LogP contribution is 2.38. The Bertz CT molecular complexity index is 385. The van der Waals surface area contributed by atoms with E-state index >= 15 is 0 Å². The van der Waals surface area contributed by atoms with Gasteiger partial charge in [0, 0.05) is 11.6 Å². The van der Waals surface area contributed by atoms with E-state index in [1.807, 2.05) is 12.1 Å². The van der Waals surface area contributed by atoms with Crippen molar-refractivity contribution in [1.29, 1.82) is 0 Å². The Balaban J connectivity index is 2.10. The smallest absolute Gasteiger partial charge is 0.0600 e. The number of rotatable bonds is 4. The lowest BCUT2D eigenvalue weighted by Crippen LogP contribution is -2.32. The van der Waals surface area contributed by atoms with Gasteiger partial charge in [-0.3, -0.25) is 0 Å². The van der Waals surface area contributed by atoms with Gasteiger partial charge >= 0.3 is 0 Å². The zero-order chi connectivity index (χ0) is 13.8. The lowest BCUT2D eigenvalue weighted by Gasteiger charge is -2.36. The second-order valence-electron chi connectivity index (χ2n) is 6.00. The van der Waals surface area contributed by atoms with Gasteiger partial charge in [-0.15, -0.1) is 0 Å². The number of ether oxygens (including phenoxy) is 1. The third kappa shape index (κ3) is 3.73. The molecule has 1 saturated heterocycles. The van der Waals surface area contributed by atoms with Crippen LogP contribution >= 0.6 is 11.6 Å². The quantitative estimate of drug-likeness (QED) is 0.729. The van der Waals surface area contributed by atoms with Gasteiger partial charge in [-0.05, 0) is 54.7 Å². The van der Waals surface area contributed by atoms with E-state index in [1.54, 1.807) is 0 Å². The third-order valence-electron chi connectivity index (χ3n) is 4.41. The zero-order valence-corrected chi connectivity index (χ0v) is 13.0. The van der Waals surface area contributed by atoms with Crippen LogP contribution in [0.25, 0.3) is 0 Å². The normalized spacial score (nSPS) is 25.5. The molecule has 0 bridgehead atoms. The highest BCUT2D eigenvalue weighted by Gasteiger charge is 2.30. The van der Waals surface area contributed by atoms with E-state index in [0.29, 0.717) is 17.9 Å². The van der Waals surface area contributed by atoms with Crippen molar-refractivity contribution in [2.75, 3.05) is 6.61 Å². The summed E-state index contributed by atoms with van der Waals surface area (Å²) in [5, 5.41) is 0.825. The maximum atomic E-state index is 5.99. The largest absolute Gasteiger partial charge is 0.378 e. The summed E-state index contributed by atoms with van der Waals surface area (Å²) in [6.07, 6.45) is 4.00. The van der Waals surface area contributed by atoms with Crippen LogP contribution < -0.4 is 0 Å². The molecule has 0 spiro atoms. The molecule has 0 saturated carbocycles. The van der Waals surface area contributed by atoms with Crippen molar-refractivity contribution in [3.8, 4) is 0 Å². The molecule has 1 aliphatic heterocycles. The predicted molar refractivity (Wildman–Crippen MR) is 81.8 cm³/mol. The monoisotopic (exact) mass is 280 g/mol. The van der Waals surface area contributed by atoms with Crippen LogP contribution in [0, 0.1) is 11.8 Å². The first-order chi connectivity index (χ1) is 9.11. The fourth-order valence-electron chi connectivity index (χ4n) is 3.24. The fourth-order valence-corrected chi connectivity index (χ4v) is 3.36. The van der Waals surface area contributed by atoms with Gasteiger partial charge in [-0.25, -0.2) is 0 Å². The van der Waals surface area contributed by atoms with Crippen LogP contribution in [0.3, 0.4) is 0 Å². The van der Waals surface area contributed by atoms with Gasteiger partial charge in [-0.2, -0.15) is 0 Å². The molecular weight excluding hydrogens is 256 g/mol. The predicted octanol–water partition coefficient (Wildman–Crippen LogP) is 5.28. The molecule has 0 aliphatic carbocycles. The summed E-state index contributed by atoms with van der Waals surface area (Å²) in [5.41, 5.74) is 1.43. The van der Waals surface area contributed by atoms with Gasteiger partial charge in [0.2, 0.25) is 0 Å². The number of hydrogen-bond donors (Lipinski definition) is 0. The molecule has 1 aromatic rings. The van der Waals surface area contributed by atoms with E-state index in [2.05, 4.69) is 32.9 Å². The molecule has 1 nitrogen and oxygen atoms in total. The average molecular weight is 281 g/mol. The van der Waals surface area contributed by atoms with Crippen molar-refractivity contribution < 1.29 is 4.74 Å². The van der Waals surface area contributed by atoms with E-state index < -0.39 is 0 Å². The van der Waals surface area contributed by atoms with Gasteiger partial charge < -0.3 is 4.74 Å². The second kappa shape index (κ2) is 6.76. The van der Waals surface area contributed by atoms with E-state index in [9.17, 15) is 0 Å². The Hall–Kier alpha value is -0.530. The lowest BCUT2D eigenvalue weighted by atomic mass is 9.77. The highest BCUT2D eigenvalue weighted by atomic mass is 35.5. The van der Waals surface area contributed by atoms with E-state index in [0.717, 1.165) is 17.5 Å². The topological polar surface area (TPSA) is 9.23 Å². The minimum absolute atomic E-state index is 0.431. The van der Waals surface area contributed by atoms with Crippen LogP contribution in [0.5, 0.6) is 0 Å². The summed E-state index contributed by atoms with van der Waals surface area (Å²) in [7, 11) is 0. The molecule has 19 heavy (non-hydrogen) atoms. The highest BCUT2D eigenvalue weighted by molar-refractivity contribution is 6.30. The van der Waals surface area contributed by atoms with E-state index in [-0.39, 0.29) is 0 Å². The molecule has 3 unspecified atom stereocenters. The molecule has 2 heteroatoms. The fraction of sp³-hybridized carbons (Fsp3) is 0.647. The van der Waals surface area contributed by atoms with Gasteiger partial charge in [0.25, 0.3) is 0 Å². The molecule has 2 rings (SSSR count). The zero-order valence-electron chi connectivity index (χ0n) is 12.2. The molecule has 3 atom stereocenters. The molecule has 1 heterocycles. The van der Waals surface area contributed by atoms with E-state index in [4.69, 9.17) is 16.3 Å². The first kappa shape index (κ1) is 14.9. The molecular formula is C17H25ClO. The molecule has 106 valence electrons. The van der Waals surface area contributed by atoms with Crippen molar-refractivity contribution in [2.45, 2.75) is 52.1 Å². The Morgan fingerprint density at radius 2 is 1.95 bits per heavy atom.